The zero-order valence-corrected chi connectivity index (χ0v) is 11.7. The Bertz CT molecular complexity index is 535. The Balaban J connectivity index is 3.15. The Hall–Kier alpha value is -2.13. The molecule has 1 rings (SSSR count). The molecule has 0 atom stereocenters. The molecule has 0 aliphatic carbocycles. The van der Waals surface area contributed by atoms with E-state index in [-0.39, 0.29) is 5.57 Å². The van der Waals surface area contributed by atoms with Gasteiger partial charge in [0.2, 0.25) is 0 Å². The molecule has 1 aromatic carbocycles. The topological polar surface area (TPSA) is 71.4 Å². The van der Waals surface area contributed by atoms with Crippen LogP contribution in [0.1, 0.15) is 0 Å². The van der Waals surface area contributed by atoms with Crippen LogP contribution >= 0.6 is 11.8 Å². The molecule has 100 valence electrons. The first-order valence-corrected chi connectivity index (χ1v) is 6.57. The first-order chi connectivity index (χ1) is 9.17. The molecule has 0 spiro atoms. The number of para-hydroxylation sites is 2. The van der Waals surface area contributed by atoms with Gasteiger partial charge >= 0.3 is 5.97 Å². The minimum atomic E-state index is -0.672. The second-order valence-corrected chi connectivity index (χ2v) is 4.15. The Labute approximate surface area is 116 Å². The van der Waals surface area contributed by atoms with Crippen molar-refractivity contribution in [3.05, 3.63) is 34.9 Å². The standard InChI is InChI=1S/C13H14N2O3S/c1-17-11-7-5-4-6-10(11)15-12(19-3)9(8-14)13(16)18-2/h4-7,15H,1-3H3. The van der Waals surface area contributed by atoms with Crippen LogP contribution in [0.3, 0.4) is 0 Å². The number of nitrogens with zero attached hydrogens (tertiary/aromatic N) is 1. The molecular formula is C13H14N2O3S. The van der Waals surface area contributed by atoms with E-state index < -0.39 is 5.97 Å². The molecule has 0 unspecified atom stereocenters. The minimum absolute atomic E-state index is 0.0686. The van der Waals surface area contributed by atoms with Crippen molar-refractivity contribution in [2.24, 2.45) is 0 Å². The van der Waals surface area contributed by atoms with E-state index in [9.17, 15) is 4.79 Å². The van der Waals surface area contributed by atoms with Gasteiger partial charge in [0.1, 0.15) is 11.8 Å². The number of carbonyl (C=O) groups excluding carboxylic acids is 1. The van der Waals surface area contributed by atoms with Crippen molar-refractivity contribution in [3.8, 4) is 11.8 Å². The molecular weight excluding hydrogens is 264 g/mol. The lowest BCUT2D eigenvalue weighted by molar-refractivity contribution is -0.135. The van der Waals surface area contributed by atoms with E-state index in [1.165, 1.54) is 18.9 Å². The molecule has 5 nitrogen and oxygen atoms in total. The monoisotopic (exact) mass is 278 g/mol. The van der Waals surface area contributed by atoms with Crippen LogP contribution in [0.4, 0.5) is 5.69 Å². The van der Waals surface area contributed by atoms with Crippen molar-refractivity contribution in [2.75, 3.05) is 25.8 Å². The summed E-state index contributed by atoms with van der Waals surface area (Å²) in [6.45, 7) is 0. The predicted octanol–water partition coefficient (Wildman–Crippen LogP) is 2.38. The van der Waals surface area contributed by atoms with Gasteiger partial charge in [0, 0.05) is 0 Å². The average Bonchev–Trinajstić information content (AvgIpc) is 2.46. The van der Waals surface area contributed by atoms with E-state index in [0.717, 1.165) is 0 Å². The molecule has 0 aliphatic rings. The average molecular weight is 278 g/mol. The van der Waals surface area contributed by atoms with Gasteiger partial charge in [-0.3, -0.25) is 0 Å². The summed E-state index contributed by atoms with van der Waals surface area (Å²) in [7, 11) is 2.79. The van der Waals surface area contributed by atoms with Crippen molar-refractivity contribution in [3.63, 3.8) is 0 Å². The van der Waals surface area contributed by atoms with Crippen molar-refractivity contribution >= 4 is 23.4 Å². The summed E-state index contributed by atoms with van der Waals surface area (Å²) in [5, 5.41) is 12.5. The summed E-state index contributed by atoms with van der Waals surface area (Å²) in [5.74, 6) is -0.0505. The largest absolute Gasteiger partial charge is 0.495 e. The Morgan fingerprint density at radius 1 is 1.37 bits per heavy atom. The van der Waals surface area contributed by atoms with Gasteiger partial charge in [-0.05, 0) is 18.4 Å². The molecule has 0 bridgehead atoms. The summed E-state index contributed by atoms with van der Waals surface area (Å²) in [5.41, 5.74) is 0.604. The molecule has 0 radical (unpaired) electrons. The van der Waals surface area contributed by atoms with Gasteiger partial charge in [0.05, 0.1) is 24.9 Å². The molecule has 0 fully saturated rings. The number of hydrogen-bond acceptors (Lipinski definition) is 6. The van der Waals surface area contributed by atoms with Gasteiger partial charge in [-0.1, -0.05) is 12.1 Å². The zero-order valence-electron chi connectivity index (χ0n) is 10.9. The number of anilines is 1. The quantitative estimate of drug-likeness (QED) is 0.506. The number of nitriles is 1. The van der Waals surface area contributed by atoms with Crippen molar-refractivity contribution in [2.45, 2.75) is 0 Å². The van der Waals surface area contributed by atoms with E-state index in [2.05, 4.69) is 10.1 Å². The maximum Gasteiger partial charge on any atom is 0.351 e. The van der Waals surface area contributed by atoms with Gasteiger partial charge < -0.3 is 14.8 Å². The lowest BCUT2D eigenvalue weighted by atomic mass is 10.2. The first kappa shape index (κ1) is 14.9. The number of benzene rings is 1. The molecule has 0 aromatic heterocycles. The van der Waals surface area contributed by atoms with Gasteiger partial charge in [0.25, 0.3) is 0 Å². The first-order valence-electron chi connectivity index (χ1n) is 5.34. The molecule has 0 amide bonds. The van der Waals surface area contributed by atoms with Gasteiger partial charge in [-0.2, -0.15) is 5.26 Å². The fourth-order valence-corrected chi connectivity index (χ4v) is 1.92. The molecule has 0 heterocycles. The van der Waals surface area contributed by atoms with Crippen LogP contribution in [0.25, 0.3) is 0 Å². The highest BCUT2D eigenvalue weighted by Gasteiger charge is 2.16. The third-order valence-electron chi connectivity index (χ3n) is 2.29. The molecule has 1 N–H and O–H groups in total. The van der Waals surface area contributed by atoms with Gasteiger partial charge in [0.15, 0.2) is 5.57 Å². The minimum Gasteiger partial charge on any atom is -0.495 e. The predicted molar refractivity (Wildman–Crippen MR) is 74.8 cm³/mol. The maximum atomic E-state index is 11.5. The SMILES string of the molecule is COC(=O)C(C#N)=C(Nc1ccccc1OC)SC. The Kier molecular flexibility index (Phi) is 5.76. The van der Waals surface area contributed by atoms with E-state index >= 15 is 0 Å². The number of hydrogen-bond donors (Lipinski definition) is 1. The number of esters is 1. The van der Waals surface area contributed by atoms with Crippen LogP contribution in [0.2, 0.25) is 0 Å². The fraction of sp³-hybridized carbons (Fsp3) is 0.231. The zero-order chi connectivity index (χ0) is 14.3. The van der Waals surface area contributed by atoms with Crippen LogP contribution in [-0.2, 0) is 9.53 Å². The molecule has 6 heteroatoms. The molecule has 1 aromatic rings. The van der Waals surface area contributed by atoms with Crippen molar-refractivity contribution in [1.29, 1.82) is 5.26 Å². The highest BCUT2D eigenvalue weighted by molar-refractivity contribution is 8.02. The van der Waals surface area contributed by atoms with Crippen LogP contribution in [0.5, 0.6) is 5.75 Å². The fourth-order valence-electron chi connectivity index (χ4n) is 1.38. The van der Waals surface area contributed by atoms with Crippen LogP contribution in [0, 0.1) is 11.3 Å². The molecule has 0 aliphatic heterocycles. The lowest BCUT2D eigenvalue weighted by Gasteiger charge is -2.13. The lowest BCUT2D eigenvalue weighted by Crippen LogP contribution is -2.10. The number of rotatable bonds is 5. The van der Waals surface area contributed by atoms with Crippen molar-refractivity contribution in [1.82, 2.24) is 0 Å². The summed E-state index contributed by atoms with van der Waals surface area (Å²) in [6, 6.07) is 9.08. The summed E-state index contributed by atoms with van der Waals surface area (Å²) >= 11 is 1.25. The van der Waals surface area contributed by atoms with E-state index in [1.54, 1.807) is 25.5 Å². The number of methoxy groups -OCH3 is 2. The molecule has 0 saturated heterocycles. The smallest absolute Gasteiger partial charge is 0.351 e. The van der Waals surface area contributed by atoms with Crippen LogP contribution in [-0.4, -0.2) is 26.4 Å². The summed E-state index contributed by atoms with van der Waals surface area (Å²) < 4.78 is 9.77. The number of nitrogens with one attached hydrogen (secondary N) is 1. The maximum absolute atomic E-state index is 11.5. The number of thioether (sulfide) groups is 1. The summed E-state index contributed by atoms with van der Waals surface area (Å²) in [4.78, 5) is 11.5. The Morgan fingerprint density at radius 2 is 2.05 bits per heavy atom. The van der Waals surface area contributed by atoms with Gasteiger partial charge in [-0.15, -0.1) is 11.8 Å². The van der Waals surface area contributed by atoms with Crippen LogP contribution < -0.4 is 10.1 Å². The Morgan fingerprint density at radius 3 is 2.58 bits per heavy atom. The normalized spacial score (nSPS) is 11.1. The second-order valence-electron chi connectivity index (χ2n) is 3.34. The third-order valence-corrected chi connectivity index (χ3v) is 3.00. The summed E-state index contributed by atoms with van der Waals surface area (Å²) in [6.07, 6.45) is 1.76. The van der Waals surface area contributed by atoms with Gasteiger partial charge in [-0.25, -0.2) is 4.79 Å². The number of ether oxygens (including phenoxy) is 2. The van der Waals surface area contributed by atoms with E-state index in [4.69, 9.17) is 10.00 Å². The molecule has 19 heavy (non-hydrogen) atoms. The van der Waals surface area contributed by atoms with Crippen molar-refractivity contribution < 1.29 is 14.3 Å². The van der Waals surface area contributed by atoms with E-state index in [0.29, 0.717) is 16.5 Å². The van der Waals surface area contributed by atoms with E-state index in [1.807, 2.05) is 18.2 Å². The third kappa shape index (κ3) is 3.66. The second kappa shape index (κ2) is 7.34. The van der Waals surface area contributed by atoms with Crippen LogP contribution in [0.15, 0.2) is 34.9 Å². The molecule has 0 saturated carbocycles. The highest BCUT2D eigenvalue weighted by atomic mass is 32.2. The number of carbonyl (C=O) groups is 1. The highest BCUT2D eigenvalue weighted by Crippen LogP contribution is 2.28.